The van der Waals surface area contributed by atoms with Gasteiger partial charge in [-0.2, -0.15) is 13.2 Å². The topological polar surface area (TPSA) is 65.5 Å². The second-order valence-electron chi connectivity index (χ2n) is 8.70. The van der Waals surface area contributed by atoms with E-state index < -0.39 is 23.6 Å². The van der Waals surface area contributed by atoms with E-state index in [0.717, 1.165) is 25.0 Å². The first-order valence-corrected chi connectivity index (χ1v) is 11.2. The molecule has 188 valence electrons. The van der Waals surface area contributed by atoms with Gasteiger partial charge in [0.1, 0.15) is 24.1 Å². The maximum atomic E-state index is 14.0. The zero-order chi connectivity index (χ0) is 25.3. The number of nitrogens with zero attached hydrogens (tertiary/aromatic N) is 2. The zero-order valence-electron chi connectivity index (χ0n) is 19.9. The molecular formula is C25H27F4N3O3. The van der Waals surface area contributed by atoms with Gasteiger partial charge < -0.3 is 19.5 Å². The highest BCUT2D eigenvalue weighted by Crippen LogP contribution is 2.38. The minimum Gasteiger partial charge on any atom is -0.493 e. The summed E-state index contributed by atoms with van der Waals surface area (Å²) in [6, 6.07) is 5.25. The van der Waals surface area contributed by atoms with Crippen LogP contribution in [-0.4, -0.2) is 36.9 Å². The third kappa shape index (κ3) is 5.75. The average molecular weight is 494 g/mol. The number of nitrogens with one attached hydrogen (secondary N) is 1. The Hall–Kier alpha value is -3.14. The van der Waals surface area contributed by atoms with Crippen LogP contribution in [0.1, 0.15) is 42.8 Å². The third-order valence-electron chi connectivity index (χ3n) is 6.05. The van der Waals surface area contributed by atoms with Gasteiger partial charge in [0.2, 0.25) is 0 Å². The van der Waals surface area contributed by atoms with Gasteiger partial charge in [0.25, 0.3) is 0 Å². The monoisotopic (exact) mass is 493 g/mol. The fraction of sp³-hybridized carbons (Fsp3) is 0.440. The fourth-order valence-corrected chi connectivity index (χ4v) is 3.99. The molecular weight excluding hydrogens is 466 g/mol. The van der Waals surface area contributed by atoms with Gasteiger partial charge in [0.15, 0.2) is 11.5 Å². The summed E-state index contributed by atoms with van der Waals surface area (Å²) in [5, 5.41) is 3.70. The Balaban J connectivity index is 1.67. The van der Waals surface area contributed by atoms with E-state index >= 15 is 0 Å². The van der Waals surface area contributed by atoms with E-state index in [1.165, 1.54) is 7.11 Å². The Labute approximate surface area is 200 Å². The van der Waals surface area contributed by atoms with Crippen LogP contribution in [0.2, 0.25) is 0 Å². The van der Waals surface area contributed by atoms with Crippen LogP contribution in [0.4, 0.5) is 23.4 Å². The van der Waals surface area contributed by atoms with Crippen molar-refractivity contribution in [2.45, 2.75) is 45.0 Å². The number of benzene rings is 2. The number of alkyl halides is 3. The lowest BCUT2D eigenvalue weighted by Crippen LogP contribution is -2.22. The summed E-state index contributed by atoms with van der Waals surface area (Å²) in [6.45, 7) is 3.69. The molecule has 1 aromatic heterocycles. The first kappa shape index (κ1) is 25.0. The van der Waals surface area contributed by atoms with E-state index in [2.05, 4.69) is 15.3 Å². The molecule has 1 aliphatic rings. The predicted molar refractivity (Wildman–Crippen MR) is 123 cm³/mol. The van der Waals surface area contributed by atoms with Crippen molar-refractivity contribution in [3.63, 3.8) is 0 Å². The first-order chi connectivity index (χ1) is 16.6. The highest BCUT2D eigenvalue weighted by atomic mass is 19.4. The van der Waals surface area contributed by atoms with Crippen molar-refractivity contribution in [1.29, 1.82) is 0 Å². The molecule has 0 amide bonds. The lowest BCUT2D eigenvalue weighted by molar-refractivity contribution is -0.137. The van der Waals surface area contributed by atoms with Crippen LogP contribution >= 0.6 is 0 Å². The minimum absolute atomic E-state index is 0.0295. The van der Waals surface area contributed by atoms with Crippen LogP contribution in [0.25, 0.3) is 10.9 Å². The SMILES string of the molecule is COc1cc2nc(C)nc(N[C@H](C)c3cc(F)cc(C(F)(F)F)c3)c2cc1OCC(OC)C1CC1. The normalized spacial score (nSPS) is 15.7. The molecule has 1 fully saturated rings. The van der Waals surface area contributed by atoms with Gasteiger partial charge >= 0.3 is 6.18 Å². The minimum atomic E-state index is -4.65. The Kier molecular flexibility index (Phi) is 7.02. The molecule has 0 spiro atoms. The molecule has 1 aliphatic carbocycles. The zero-order valence-corrected chi connectivity index (χ0v) is 19.9. The number of halogens is 4. The van der Waals surface area contributed by atoms with Crippen molar-refractivity contribution in [3.05, 3.63) is 53.1 Å². The van der Waals surface area contributed by atoms with Gasteiger partial charge in [0.05, 0.1) is 30.3 Å². The van der Waals surface area contributed by atoms with Crippen LogP contribution in [0.5, 0.6) is 11.5 Å². The molecule has 0 aliphatic heterocycles. The van der Waals surface area contributed by atoms with E-state index in [4.69, 9.17) is 14.2 Å². The summed E-state index contributed by atoms with van der Waals surface area (Å²) < 4.78 is 70.5. The van der Waals surface area contributed by atoms with E-state index in [9.17, 15) is 17.6 Å². The van der Waals surface area contributed by atoms with Gasteiger partial charge in [-0.05, 0) is 62.4 Å². The molecule has 35 heavy (non-hydrogen) atoms. The smallest absolute Gasteiger partial charge is 0.416 e. The Morgan fingerprint density at radius 1 is 1.06 bits per heavy atom. The number of aromatic nitrogens is 2. The Bertz CT molecular complexity index is 1210. The maximum absolute atomic E-state index is 14.0. The maximum Gasteiger partial charge on any atom is 0.416 e. The highest BCUT2D eigenvalue weighted by Gasteiger charge is 2.33. The molecule has 6 nitrogen and oxygen atoms in total. The predicted octanol–water partition coefficient (Wildman–Crippen LogP) is 6.08. The summed E-state index contributed by atoms with van der Waals surface area (Å²) in [7, 11) is 3.18. The average Bonchev–Trinajstić information content (AvgIpc) is 3.63. The fourth-order valence-electron chi connectivity index (χ4n) is 3.99. The van der Waals surface area contributed by atoms with E-state index in [1.807, 2.05) is 0 Å². The van der Waals surface area contributed by atoms with Gasteiger partial charge in [-0.25, -0.2) is 14.4 Å². The van der Waals surface area contributed by atoms with Crippen LogP contribution in [0, 0.1) is 18.7 Å². The second-order valence-corrected chi connectivity index (χ2v) is 8.70. The summed E-state index contributed by atoms with van der Waals surface area (Å²) >= 11 is 0. The lowest BCUT2D eigenvalue weighted by Gasteiger charge is -2.20. The van der Waals surface area contributed by atoms with Crippen LogP contribution in [0.3, 0.4) is 0 Å². The first-order valence-electron chi connectivity index (χ1n) is 11.2. The van der Waals surface area contributed by atoms with Gasteiger partial charge in [-0.1, -0.05) is 0 Å². The quantitative estimate of drug-likeness (QED) is 0.365. The van der Waals surface area contributed by atoms with Crippen molar-refractivity contribution in [3.8, 4) is 11.5 Å². The number of hydrogen-bond donors (Lipinski definition) is 1. The van der Waals surface area contributed by atoms with Crippen molar-refractivity contribution in [2.24, 2.45) is 5.92 Å². The third-order valence-corrected chi connectivity index (χ3v) is 6.05. The molecule has 0 radical (unpaired) electrons. The molecule has 1 N–H and O–H groups in total. The van der Waals surface area contributed by atoms with Crippen molar-refractivity contribution in [1.82, 2.24) is 9.97 Å². The number of ether oxygens (including phenoxy) is 3. The molecule has 0 bridgehead atoms. The molecule has 1 saturated carbocycles. The van der Waals surface area contributed by atoms with Gasteiger partial charge in [0, 0.05) is 18.6 Å². The van der Waals surface area contributed by atoms with E-state index in [0.29, 0.717) is 52.6 Å². The van der Waals surface area contributed by atoms with Crippen molar-refractivity contribution in [2.75, 3.05) is 26.1 Å². The molecule has 0 saturated heterocycles. The number of methoxy groups -OCH3 is 2. The number of fused-ring (bicyclic) bond motifs is 1. The van der Waals surface area contributed by atoms with Crippen molar-refractivity contribution >= 4 is 16.7 Å². The number of aryl methyl sites for hydroxylation is 1. The molecule has 10 heteroatoms. The Morgan fingerprint density at radius 3 is 2.43 bits per heavy atom. The second kappa shape index (κ2) is 9.85. The molecule has 4 rings (SSSR count). The van der Waals surface area contributed by atoms with Crippen LogP contribution < -0.4 is 14.8 Å². The molecule has 2 atom stereocenters. The number of rotatable bonds is 9. The van der Waals surface area contributed by atoms with Gasteiger partial charge in [-0.3, -0.25) is 0 Å². The molecule has 1 unspecified atom stereocenters. The van der Waals surface area contributed by atoms with Crippen molar-refractivity contribution < 1.29 is 31.8 Å². The lowest BCUT2D eigenvalue weighted by atomic mass is 10.0. The van der Waals surface area contributed by atoms with E-state index in [-0.39, 0.29) is 11.7 Å². The summed E-state index contributed by atoms with van der Waals surface area (Å²) in [5.41, 5.74) is -0.343. The molecule has 2 aromatic carbocycles. The highest BCUT2D eigenvalue weighted by molar-refractivity contribution is 5.92. The number of anilines is 1. The summed E-state index contributed by atoms with van der Waals surface area (Å²) in [4.78, 5) is 8.90. The standard InChI is InChI=1S/C25H27F4N3O3/c1-13(16-7-17(25(27,28)29)9-18(26)8-16)30-24-19-10-22(35-12-23(34-4)15-5-6-15)21(33-3)11-20(19)31-14(2)32-24/h7-11,13,15,23H,5-6,12H2,1-4H3,(H,30,31,32)/t13-,23?/m1/s1. The largest absolute Gasteiger partial charge is 0.493 e. The molecule has 1 heterocycles. The van der Waals surface area contributed by atoms with Crippen LogP contribution in [-0.2, 0) is 10.9 Å². The number of hydrogen-bond acceptors (Lipinski definition) is 6. The van der Waals surface area contributed by atoms with Gasteiger partial charge in [-0.15, -0.1) is 0 Å². The van der Waals surface area contributed by atoms with Crippen LogP contribution in [0.15, 0.2) is 30.3 Å². The molecule has 3 aromatic rings. The summed E-state index contributed by atoms with van der Waals surface area (Å²) in [6.07, 6.45) is -2.48. The van der Waals surface area contributed by atoms with E-state index in [1.54, 1.807) is 33.1 Å². The Morgan fingerprint density at radius 2 is 1.80 bits per heavy atom. The summed E-state index contributed by atoms with van der Waals surface area (Å²) in [5.74, 6) is 1.30.